The highest BCUT2D eigenvalue weighted by molar-refractivity contribution is 7.12. The number of amides is 1. The van der Waals surface area contributed by atoms with Crippen LogP contribution in [0.1, 0.15) is 15.2 Å². The molecule has 25 heavy (non-hydrogen) atoms. The number of carbonyl (C=O) groups excluding carboxylic acids is 1. The zero-order chi connectivity index (χ0) is 17.2. The lowest BCUT2D eigenvalue weighted by Crippen LogP contribution is -2.36. The van der Waals surface area contributed by atoms with E-state index in [-0.39, 0.29) is 5.91 Å². The van der Waals surface area contributed by atoms with Crippen LogP contribution in [0.4, 0.5) is 11.5 Å². The van der Waals surface area contributed by atoms with Gasteiger partial charge in [0, 0.05) is 24.2 Å². The molecule has 0 unspecified atom stereocenters. The van der Waals surface area contributed by atoms with Crippen LogP contribution in [-0.2, 0) is 4.74 Å². The number of thiophene rings is 1. The number of aromatic nitrogens is 1. The van der Waals surface area contributed by atoms with Gasteiger partial charge < -0.3 is 15.0 Å². The lowest BCUT2D eigenvalue weighted by atomic mass is 10.1. The van der Waals surface area contributed by atoms with Crippen molar-refractivity contribution < 1.29 is 9.53 Å². The van der Waals surface area contributed by atoms with Crippen LogP contribution in [0.25, 0.3) is 10.9 Å². The number of anilines is 2. The standard InChI is InChI=1S/C19H19N3O2S/c1-13-11-18(22-6-8-24-9-7-22)21-16-5-4-14(12-15(13)16)20-19(23)17-3-2-10-25-17/h2-5,10-12H,6-9H2,1H3,(H,20,23). The molecule has 128 valence electrons. The summed E-state index contributed by atoms with van der Waals surface area (Å²) in [6, 6.07) is 11.7. The summed E-state index contributed by atoms with van der Waals surface area (Å²) < 4.78 is 5.41. The second-order valence-corrected chi connectivity index (χ2v) is 7.01. The maximum Gasteiger partial charge on any atom is 0.265 e. The summed E-state index contributed by atoms with van der Waals surface area (Å²) in [6.45, 7) is 5.30. The molecule has 0 spiro atoms. The fraction of sp³-hybridized carbons (Fsp3) is 0.263. The molecule has 0 radical (unpaired) electrons. The van der Waals surface area contributed by atoms with Gasteiger partial charge in [0.1, 0.15) is 5.82 Å². The monoisotopic (exact) mass is 353 g/mol. The van der Waals surface area contributed by atoms with E-state index in [0.29, 0.717) is 4.88 Å². The first-order chi connectivity index (χ1) is 12.2. The quantitative estimate of drug-likeness (QED) is 0.780. The first-order valence-corrected chi connectivity index (χ1v) is 9.17. The van der Waals surface area contributed by atoms with Crippen LogP contribution in [0, 0.1) is 6.92 Å². The first-order valence-electron chi connectivity index (χ1n) is 8.30. The molecule has 0 atom stereocenters. The van der Waals surface area contributed by atoms with Crippen LogP contribution in [-0.4, -0.2) is 37.2 Å². The zero-order valence-electron chi connectivity index (χ0n) is 14.0. The maximum atomic E-state index is 12.2. The van der Waals surface area contributed by atoms with Crippen molar-refractivity contribution in [1.29, 1.82) is 0 Å². The number of carbonyl (C=O) groups is 1. The van der Waals surface area contributed by atoms with Crippen molar-refractivity contribution in [3.05, 3.63) is 52.2 Å². The SMILES string of the molecule is Cc1cc(N2CCOCC2)nc2ccc(NC(=O)c3cccs3)cc12. The molecule has 0 bridgehead atoms. The van der Waals surface area contributed by atoms with Gasteiger partial charge in [-0.2, -0.15) is 0 Å². The second kappa shape index (κ2) is 6.82. The minimum atomic E-state index is -0.0788. The normalized spacial score (nSPS) is 14.7. The van der Waals surface area contributed by atoms with Gasteiger partial charge in [-0.15, -0.1) is 11.3 Å². The smallest absolute Gasteiger partial charge is 0.265 e. The highest BCUT2D eigenvalue weighted by Gasteiger charge is 2.14. The molecular weight excluding hydrogens is 334 g/mol. The van der Waals surface area contributed by atoms with E-state index in [1.165, 1.54) is 11.3 Å². The van der Waals surface area contributed by atoms with Crippen molar-refractivity contribution in [2.75, 3.05) is 36.5 Å². The summed E-state index contributed by atoms with van der Waals surface area (Å²) >= 11 is 1.43. The number of fused-ring (bicyclic) bond motifs is 1. The van der Waals surface area contributed by atoms with Crippen LogP contribution >= 0.6 is 11.3 Å². The zero-order valence-corrected chi connectivity index (χ0v) is 14.8. The molecule has 1 aliphatic rings. The Balaban J connectivity index is 1.62. The van der Waals surface area contributed by atoms with Gasteiger partial charge in [0.25, 0.3) is 5.91 Å². The van der Waals surface area contributed by atoms with Crippen LogP contribution in [0.2, 0.25) is 0 Å². The summed E-state index contributed by atoms with van der Waals surface area (Å²) in [5.74, 6) is 0.911. The first kappa shape index (κ1) is 16.1. The number of hydrogen-bond acceptors (Lipinski definition) is 5. The lowest BCUT2D eigenvalue weighted by Gasteiger charge is -2.28. The Bertz CT molecular complexity index is 902. The topological polar surface area (TPSA) is 54.5 Å². The van der Waals surface area contributed by atoms with Crippen LogP contribution in [0.3, 0.4) is 0 Å². The molecule has 1 aromatic carbocycles. The van der Waals surface area contributed by atoms with E-state index >= 15 is 0 Å². The summed E-state index contributed by atoms with van der Waals surface area (Å²) in [5.41, 5.74) is 2.88. The highest BCUT2D eigenvalue weighted by atomic mass is 32.1. The molecule has 2 aromatic heterocycles. The highest BCUT2D eigenvalue weighted by Crippen LogP contribution is 2.26. The molecule has 3 aromatic rings. The Hall–Kier alpha value is -2.44. The maximum absolute atomic E-state index is 12.2. The summed E-state index contributed by atoms with van der Waals surface area (Å²) in [4.78, 5) is 20.0. The average molecular weight is 353 g/mol. The summed E-state index contributed by atoms with van der Waals surface area (Å²) in [6.07, 6.45) is 0. The number of nitrogens with zero attached hydrogens (tertiary/aromatic N) is 2. The molecule has 1 fully saturated rings. The van der Waals surface area contributed by atoms with Crippen LogP contribution in [0.5, 0.6) is 0 Å². The third-order valence-corrected chi connectivity index (χ3v) is 5.21. The average Bonchev–Trinajstić information content (AvgIpc) is 3.18. The molecule has 1 aliphatic heterocycles. The van der Waals surface area contributed by atoms with Crippen LogP contribution < -0.4 is 10.2 Å². The predicted octanol–water partition coefficient (Wildman–Crippen LogP) is 3.69. The summed E-state index contributed by atoms with van der Waals surface area (Å²) in [5, 5.41) is 5.91. The number of ether oxygens (including phenoxy) is 1. The van der Waals surface area contributed by atoms with Crippen molar-refractivity contribution in [3.8, 4) is 0 Å². The Labute approximate surface area is 150 Å². The molecule has 6 heteroatoms. The van der Waals surface area contributed by atoms with Gasteiger partial charge in [0.2, 0.25) is 0 Å². The van der Waals surface area contributed by atoms with Crippen molar-refractivity contribution in [2.24, 2.45) is 0 Å². The number of rotatable bonds is 3. The van der Waals surface area contributed by atoms with Crippen molar-refractivity contribution in [1.82, 2.24) is 4.98 Å². The van der Waals surface area contributed by atoms with Crippen LogP contribution in [0.15, 0.2) is 41.8 Å². The van der Waals surface area contributed by atoms with Gasteiger partial charge in [0.15, 0.2) is 0 Å². The predicted molar refractivity (Wildman–Crippen MR) is 102 cm³/mol. The number of morpholine rings is 1. The van der Waals surface area contributed by atoms with Gasteiger partial charge in [-0.1, -0.05) is 6.07 Å². The largest absolute Gasteiger partial charge is 0.378 e. The second-order valence-electron chi connectivity index (χ2n) is 6.06. The van der Waals surface area contributed by atoms with E-state index < -0.39 is 0 Å². The number of aryl methyl sites for hydroxylation is 1. The molecule has 0 aliphatic carbocycles. The number of hydrogen-bond donors (Lipinski definition) is 1. The number of nitrogens with one attached hydrogen (secondary N) is 1. The number of pyridine rings is 1. The van der Waals surface area contributed by atoms with Crippen molar-refractivity contribution in [2.45, 2.75) is 6.92 Å². The molecule has 3 heterocycles. The van der Waals surface area contributed by atoms with E-state index in [9.17, 15) is 4.79 Å². The van der Waals surface area contributed by atoms with E-state index in [4.69, 9.17) is 9.72 Å². The third-order valence-electron chi connectivity index (χ3n) is 4.34. The molecule has 1 amide bonds. The molecular formula is C19H19N3O2S. The van der Waals surface area contributed by atoms with Gasteiger partial charge in [-0.05, 0) is 48.2 Å². The Morgan fingerprint density at radius 3 is 2.84 bits per heavy atom. The van der Waals surface area contributed by atoms with E-state index in [1.807, 2.05) is 35.7 Å². The Morgan fingerprint density at radius 2 is 2.08 bits per heavy atom. The molecule has 1 N–H and O–H groups in total. The fourth-order valence-electron chi connectivity index (χ4n) is 3.01. The van der Waals surface area contributed by atoms with E-state index in [1.54, 1.807) is 0 Å². The molecule has 1 saturated heterocycles. The Morgan fingerprint density at radius 1 is 1.24 bits per heavy atom. The third kappa shape index (κ3) is 3.36. The van der Waals surface area contributed by atoms with Gasteiger partial charge >= 0.3 is 0 Å². The Kier molecular flexibility index (Phi) is 4.38. The molecule has 4 rings (SSSR count). The van der Waals surface area contributed by atoms with Crippen molar-refractivity contribution >= 4 is 39.7 Å². The fourth-order valence-corrected chi connectivity index (χ4v) is 3.63. The van der Waals surface area contributed by atoms with Gasteiger partial charge in [0.05, 0.1) is 23.6 Å². The minimum Gasteiger partial charge on any atom is -0.378 e. The lowest BCUT2D eigenvalue weighted by molar-refractivity contribution is 0.103. The van der Waals surface area contributed by atoms with Crippen molar-refractivity contribution in [3.63, 3.8) is 0 Å². The van der Waals surface area contributed by atoms with Gasteiger partial charge in [-0.3, -0.25) is 4.79 Å². The van der Waals surface area contributed by atoms with E-state index in [0.717, 1.165) is 54.3 Å². The van der Waals surface area contributed by atoms with Gasteiger partial charge in [-0.25, -0.2) is 4.98 Å². The molecule has 0 saturated carbocycles. The molecule has 5 nitrogen and oxygen atoms in total. The minimum absolute atomic E-state index is 0.0788. The summed E-state index contributed by atoms with van der Waals surface area (Å²) in [7, 11) is 0. The number of benzene rings is 1. The van der Waals surface area contributed by atoms with E-state index in [2.05, 4.69) is 23.2 Å².